The van der Waals surface area contributed by atoms with E-state index < -0.39 is 28.5 Å². The van der Waals surface area contributed by atoms with E-state index in [0.717, 1.165) is 15.4 Å². The summed E-state index contributed by atoms with van der Waals surface area (Å²) in [5.41, 5.74) is 2.00. The molecule has 10 heteroatoms. The van der Waals surface area contributed by atoms with Crippen LogP contribution >= 0.6 is 11.6 Å². The molecular weight excluding hydrogens is 514 g/mol. The molecule has 0 fully saturated rings. The van der Waals surface area contributed by atoms with Gasteiger partial charge in [-0.05, 0) is 49.7 Å². The number of methoxy groups -OCH3 is 1. The number of ether oxygens (including phenoxy) is 1. The molecule has 0 aliphatic rings. The molecule has 0 aliphatic heterocycles. The number of benzene rings is 3. The average molecular weight is 544 g/mol. The number of nitrogens with zero attached hydrogens (tertiary/aromatic N) is 2. The molecule has 0 radical (unpaired) electrons. The number of amides is 2. The fourth-order valence-electron chi connectivity index (χ4n) is 3.86. The van der Waals surface area contributed by atoms with Crippen molar-refractivity contribution in [2.75, 3.05) is 25.0 Å². The Kier molecular flexibility index (Phi) is 9.18. The van der Waals surface area contributed by atoms with Gasteiger partial charge in [0.15, 0.2) is 0 Å². The van der Waals surface area contributed by atoms with Gasteiger partial charge in [0.25, 0.3) is 10.0 Å². The highest BCUT2D eigenvalue weighted by Gasteiger charge is 2.32. The highest BCUT2D eigenvalue weighted by atomic mass is 35.5. The van der Waals surface area contributed by atoms with Crippen LogP contribution in [0.4, 0.5) is 5.69 Å². The minimum Gasteiger partial charge on any atom is -0.495 e. The van der Waals surface area contributed by atoms with Crippen molar-refractivity contribution in [3.8, 4) is 5.75 Å². The number of carbonyl (C=O) groups excluding carboxylic acids is 2. The van der Waals surface area contributed by atoms with E-state index in [2.05, 4.69) is 5.32 Å². The number of rotatable bonds is 10. The van der Waals surface area contributed by atoms with E-state index in [1.54, 1.807) is 25.1 Å². The summed E-state index contributed by atoms with van der Waals surface area (Å²) >= 11 is 6.31. The summed E-state index contributed by atoms with van der Waals surface area (Å²) in [5.74, 6) is -0.557. The maximum Gasteiger partial charge on any atom is 0.264 e. The van der Waals surface area contributed by atoms with Crippen molar-refractivity contribution in [1.29, 1.82) is 0 Å². The maximum atomic E-state index is 13.7. The van der Waals surface area contributed by atoms with Gasteiger partial charge in [-0.1, -0.05) is 59.6 Å². The molecule has 3 aromatic rings. The van der Waals surface area contributed by atoms with Crippen LogP contribution in [0.3, 0.4) is 0 Å². The highest BCUT2D eigenvalue weighted by Crippen LogP contribution is 2.32. The largest absolute Gasteiger partial charge is 0.495 e. The number of hydrogen-bond acceptors (Lipinski definition) is 5. The smallest absolute Gasteiger partial charge is 0.264 e. The first-order valence-corrected chi connectivity index (χ1v) is 13.4. The Morgan fingerprint density at radius 1 is 1.03 bits per heavy atom. The summed E-state index contributed by atoms with van der Waals surface area (Å²) in [7, 11) is -1.23. The molecule has 0 bridgehead atoms. The molecule has 0 saturated carbocycles. The lowest BCUT2D eigenvalue weighted by atomic mass is 10.1. The van der Waals surface area contributed by atoms with E-state index in [0.29, 0.717) is 5.75 Å². The minimum absolute atomic E-state index is 0.0133. The summed E-state index contributed by atoms with van der Waals surface area (Å²) in [6.07, 6.45) is 0. The van der Waals surface area contributed by atoms with Crippen molar-refractivity contribution in [3.05, 3.63) is 88.9 Å². The number of hydrogen-bond donors (Lipinski definition) is 1. The third-order valence-corrected chi connectivity index (χ3v) is 7.97. The lowest BCUT2D eigenvalue weighted by Gasteiger charge is -2.32. The van der Waals surface area contributed by atoms with Crippen molar-refractivity contribution in [3.63, 3.8) is 0 Å². The van der Waals surface area contributed by atoms with Crippen LogP contribution in [0.5, 0.6) is 5.75 Å². The predicted molar refractivity (Wildman–Crippen MR) is 144 cm³/mol. The first-order valence-electron chi connectivity index (χ1n) is 11.6. The standard InChI is InChI=1S/C27H30ClN3O5S/c1-19-9-8-10-21(15-19)17-30(20(2)27(33)29-3)26(32)18-31(22-13-14-25(36-4)24(28)16-22)37(34,35)23-11-6-5-7-12-23/h5-16,20H,17-18H2,1-4H3,(H,29,33)/t20-/m1/s1. The summed E-state index contributed by atoms with van der Waals surface area (Å²) in [6.45, 7) is 3.11. The van der Waals surface area contributed by atoms with Crippen molar-refractivity contribution in [2.45, 2.75) is 31.3 Å². The minimum atomic E-state index is -4.16. The number of anilines is 1. The van der Waals surface area contributed by atoms with Crippen molar-refractivity contribution in [2.24, 2.45) is 0 Å². The fourth-order valence-corrected chi connectivity index (χ4v) is 5.54. The molecule has 0 aliphatic carbocycles. The van der Waals surface area contributed by atoms with Gasteiger partial charge in [-0.2, -0.15) is 0 Å². The SMILES string of the molecule is CNC(=O)[C@@H](C)N(Cc1cccc(C)c1)C(=O)CN(c1ccc(OC)c(Cl)c1)S(=O)(=O)c1ccccc1. The number of carbonyl (C=O) groups is 2. The molecule has 1 atom stereocenters. The van der Waals surface area contributed by atoms with Gasteiger partial charge in [0.05, 0.1) is 22.7 Å². The summed E-state index contributed by atoms with van der Waals surface area (Å²) in [5, 5.41) is 2.75. The molecule has 37 heavy (non-hydrogen) atoms. The summed E-state index contributed by atoms with van der Waals surface area (Å²) < 4.78 is 33.6. The van der Waals surface area contributed by atoms with Crippen LogP contribution in [0.15, 0.2) is 77.7 Å². The van der Waals surface area contributed by atoms with E-state index in [9.17, 15) is 18.0 Å². The van der Waals surface area contributed by atoms with E-state index in [1.807, 2.05) is 31.2 Å². The highest BCUT2D eigenvalue weighted by molar-refractivity contribution is 7.92. The molecule has 0 aromatic heterocycles. The van der Waals surface area contributed by atoms with Gasteiger partial charge in [0.2, 0.25) is 11.8 Å². The van der Waals surface area contributed by atoms with Crippen LogP contribution in [0.1, 0.15) is 18.1 Å². The Morgan fingerprint density at radius 3 is 2.32 bits per heavy atom. The first-order chi connectivity index (χ1) is 17.6. The second-order valence-corrected chi connectivity index (χ2v) is 10.7. The van der Waals surface area contributed by atoms with Crippen molar-refractivity contribution < 1.29 is 22.7 Å². The number of halogens is 1. The number of aryl methyl sites for hydroxylation is 1. The van der Waals surface area contributed by atoms with Crippen LogP contribution < -0.4 is 14.4 Å². The van der Waals surface area contributed by atoms with Crippen LogP contribution in [0.25, 0.3) is 0 Å². The quantitative estimate of drug-likeness (QED) is 0.417. The second kappa shape index (κ2) is 12.1. The molecule has 2 amide bonds. The molecule has 8 nitrogen and oxygen atoms in total. The Bertz CT molecular complexity index is 1370. The number of nitrogens with one attached hydrogen (secondary N) is 1. The van der Waals surface area contributed by atoms with Crippen molar-refractivity contribution in [1.82, 2.24) is 10.2 Å². The molecule has 3 rings (SSSR count). The number of likely N-dealkylation sites (N-methyl/N-ethyl adjacent to an activating group) is 1. The van der Waals surface area contributed by atoms with Gasteiger partial charge in [-0.15, -0.1) is 0 Å². The molecule has 1 N–H and O–H groups in total. The van der Waals surface area contributed by atoms with Crippen molar-refractivity contribution >= 4 is 39.1 Å². The van der Waals surface area contributed by atoms with Gasteiger partial charge >= 0.3 is 0 Å². The third-order valence-electron chi connectivity index (χ3n) is 5.88. The Morgan fingerprint density at radius 2 is 1.73 bits per heavy atom. The van der Waals surface area contributed by atoms with E-state index in [4.69, 9.17) is 16.3 Å². The summed E-state index contributed by atoms with van der Waals surface area (Å²) in [4.78, 5) is 27.7. The fraction of sp³-hybridized carbons (Fsp3) is 0.259. The Balaban J connectivity index is 2.06. The lowest BCUT2D eigenvalue weighted by Crippen LogP contribution is -2.50. The average Bonchev–Trinajstić information content (AvgIpc) is 2.89. The zero-order chi connectivity index (χ0) is 27.2. The van der Waals surface area contributed by atoms with E-state index in [1.165, 1.54) is 49.4 Å². The normalized spacial score (nSPS) is 11.9. The number of sulfonamides is 1. The monoisotopic (exact) mass is 543 g/mol. The van der Waals surface area contributed by atoms with Gasteiger partial charge in [0, 0.05) is 13.6 Å². The van der Waals surface area contributed by atoms with E-state index in [-0.39, 0.29) is 28.1 Å². The molecular formula is C27H30ClN3O5S. The maximum absolute atomic E-state index is 13.7. The zero-order valence-corrected chi connectivity index (χ0v) is 22.7. The summed E-state index contributed by atoms with van der Waals surface area (Å²) in [6, 6.07) is 19.0. The van der Waals surface area contributed by atoms with Gasteiger partial charge in [-0.3, -0.25) is 13.9 Å². The topological polar surface area (TPSA) is 96.0 Å². The van der Waals surface area contributed by atoms with Crippen LogP contribution in [0, 0.1) is 6.92 Å². The Hall–Kier alpha value is -3.56. The lowest BCUT2D eigenvalue weighted by molar-refractivity contribution is -0.139. The zero-order valence-electron chi connectivity index (χ0n) is 21.1. The van der Waals surface area contributed by atoms with Gasteiger partial charge < -0.3 is 15.0 Å². The van der Waals surface area contributed by atoms with Crippen LogP contribution in [0.2, 0.25) is 5.02 Å². The molecule has 0 spiro atoms. The van der Waals surface area contributed by atoms with E-state index >= 15 is 0 Å². The first kappa shape index (κ1) is 28.0. The second-order valence-electron chi connectivity index (χ2n) is 8.44. The molecule has 0 unspecified atom stereocenters. The molecule has 0 saturated heterocycles. The Labute approximate surface area is 222 Å². The molecule has 0 heterocycles. The van der Waals surface area contributed by atoms with Crippen LogP contribution in [-0.2, 0) is 26.2 Å². The molecule has 196 valence electrons. The predicted octanol–water partition coefficient (Wildman–Crippen LogP) is 4.02. The molecule has 3 aromatic carbocycles. The van der Waals surface area contributed by atoms with Crippen LogP contribution in [-0.4, -0.2) is 51.9 Å². The third kappa shape index (κ3) is 6.61. The van der Waals surface area contributed by atoms with Gasteiger partial charge in [0.1, 0.15) is 18.3 Å². The van der Waals surface area contributed by atoms with Gasteiger partial charge in [-0.25, -0.2) is 8.42 Å².